The molecule has 2 fully saturated rings. The predicted octanol–water partition coefficient (Wildman–Crippen LogP) is 3.03. The third-order valence-electron chi connectivity index (χ3n) is 5.68. The number of hydrogen-bond acceptors (Lipinski definition) is 6. The van der Waals surface area contributed by atoms with Crippen molar-refractivity contribution in [3.05, 3.63) is 41.1 Å². The lowest BCUT2D eigenvalue weighted by atomic mass is 9.90. The predicted molar refractivity (Wildman–Crippen MR) is 91.0 cm³/mol. The second kappa shape index (κ2) is 6.16. The fraction of sp³-hybridized carbons (Fsp3) is 0.526. The van der Waals surface area contributed by atoms with E-state index in [1.165, 1.54) is 0 Å². The Balaban J connectivity index is 1.40. The van der Waals surface area contributed by atoms with Gasteiger partial charge in [-0.1, -0.05) is 0 Å². The number of likely N-dealkylation sites (tertiary alicyclic amines) is 1. The maximum atomic E-state index is 9.12. The van der Waals surface area contributed by atoms with Crippen molar-refractivity contribution in [1.82, 2.24) is 15.1 Å². The molecule has 1 aromatic heterocycles. The fourth-order valence-corrected chi connectivity index (χ4v) is 4.07. The number of nitrogens with zero attached hydrogens (tertiary/aromatic N) is 4. The van der Waals surface area contributed by atoms with Crippen LogP contribution in [-0.4, -0.2) is 35.3 Å². The highest BCUT2D eigenvalue weighted by atomic mass is 16.5. The standard InChI is InChI=1S/C19H22N4O2/c1-13-21-22-18(25-13)16-10-19(16)5-7-23(8-6-19)12-15-9-14(11-20)3-4-17(15)24-2/h3-4,9,16H,5-8,10,12H2,1-2H3. The minimum atomic E-state index is 0.355. The third kappa shape index (κ3) is 3.00. The van der Waals surface area contributed by atoms with Gasteiger partial charge in [-0.3, -0.25) is 4.90 Å². The molecule has 130 valence electrons. The number of piperidine rings is 1. The third-order valence-corrected chi connectivity index (χ3v) is 5.68. The highest BCUT2D eigenvalue weighted by molar-refractivity contribution is 5.42. The second-order valence-corrected chi connectivity index (χ2v) is 7.19. The number of aryl methyl sites for hydroxylation is 1. The van der Waals surface area contributed by atoms with Gasteiger partial charge in [-0.2, -0.15) is 5.26 Å². The molecule has 2 heterocycles. The smallest absolute Gasteiger partial charge is 0.220 e. The molecule has 0 bridgehead atoms. The van der Waals surface area contributed by atoms with Crippen molar-refractivity contribution in [1.29, 1.82) is 5.26 Å². The Bertz CT molecular complexity index is 815. The van der Waals surface area contributed by atoms with E-state index in [0.717, 1.165) is 56.1 Å². The van der Waals surface area contributed by atoms with Crippen LogP contribution in [0.3, 0.4) is 0 Å². The number of benzene rings is 1. The van der Waals surface area contributed by atoms with Gasteiger partial charge >= 0.3 is 0 Å². The van der Waals surface area contributed by atoms with Gasteiger partial charge in [-0.25, -0.2) is 0 Å². The van der Waals surface area contributed by atoms with Gasteiger partial charge in [-0.15, -0.1) is 10.2 Å². The molecule has 1 atom stereocenters. The van der Waals surface area contributed by atoms with Crippen LogP contribution in [0, 0.1) is 23.7 Å². The summed E-state index contributed by atoms with van der Waals surface area (Å²) >= 11 is 0. The average Bonchev–Trinajstić information content (AvgIpc) is 3.16. The summed E-state index contributed by atoms with van der Waals surface area (Å²) in [5.41, 5.74) is 2.12. The Morgan fingerprint density at radius 3 is 2.80 bits per heavy atom. The van der Waals surface area contributed by atoms with Crippen LogP contribution in [0.5, 0.6) is 5.75 Å². The minimum absolute atomic E-state index is 0.355. The van der Waals surface area contributed by atoms with Crippen molar-refractivity contribution in [2.45, 2.75) is 38.6 Å². The maximum Gasteiger partial charge on any atom is 0.220 e. The Morgan fingerprint density at radius 1 is 1.36 bits per heavy atom. The number of nitriles is 1. The molecule has 0 N–H and O–H groups in total. The molecule has 4 rings (SSSR count). The number of hydrogen-bond donors (Lipinski definition) is 0. The zero-order valence-corrected chi connectivity index (χ0v) is 14.7. The molecule has 25 heavy (non-hydrogen) atoms. The summed E-state index contributed by atoms with van der Waals surface area (Å²) in [4.78, 5) is 2.44. The number of rotatable bonds is 4. The van der Waals surface area contributed by atoms with Gasteiger partial charge in [0.15, 0.2) is 0 Å². The van der Waals surface area contributed by atoms with Crippen molar-refractivity contribution >= 4 is 0 Å². The fourth-order valence-electron chi connectivity index (χ4n) is 4.07. The lowest BCUT2D eigenvalue weighted by Crippen LogP contribution is -2.34. The van der Waals surface area contributed by atoms with E-state index in [1.54, 1.807) is 13.2 Å². The molecular weight excluding hydrogens is 316 g/mol. The van der Waals surface area contributed by atoms with Crippen molar-refractivity contribution in [3.63, 3.8) is 0 Å². The first-order chi connectivity index (χ1) is 12.1. The molecule has 1 saturated carbocycles. The van der Waals surface area contributed by atoms with Gasteiger partial charge in [0.25, 0.3) is 0 Å². The number of methoxy groups -OCH3 is 1. The van der Waals surface area contributed by atoms with Crippen LogP contribution in [0.2, 0.25) is 0 Å². The van der Waals surface area contributed by atoms with E-state index < -0.39 is 0 Å². The van der Waals surface area contributed by atoms with Crippen LogP contribution in [-0.2, 0) is 6.54 Å². The normalized spacial score (nSPS) is 21.9. The van der Waals surface area contributed by atoms with Crippen molar-refractivity contribution in [3.8, 4) is 11.8 Å². The van der Waals surface area contributed by atoms with Crippen molar-refractivity contribution < 1.29 is 9.15 Å². The minimum Gasteiger partial charge on any atom is -0.496 e. The van der Waals surface area contributed by atoms with Crippen LogP contribution in [0.25, 0.3) is 0 Å². The van der Waals surface area contributed by atoms with Gasteiger partial charge < -0.3 is 9.15 Å². The summed E-state index contributed by atoms with van der Waals surface area (Å²) < 4.78 is 11.1. The van der Waals surface area contributed by atoms with Gasteiger partial charge in [0.2, 0.25) is 11.8 Å². The van der Waals surface area contributed by atoms with E-state index in [1.807, 2.05) is 19.1 Å². The molecule has 1 unspecified atom stereocenters. The monoisotopic (exact) mass is 338 g/mol. The molecule has 1 aliphatic heterocycles. The van der Waals surface area contributed by atoms with Gasteiger partial charge in [0.1, 0.15) is 5.75 Å². The quantitative estimate of drug-likeness (QED) is 0.853. The summed E-state index contributed by atoms with van der Waals surface area (Å²) in [6, 6.07) is 7.83. The maximum absolute atomic E-state index is 9.12. The molecule has 1 aliphatic carbocycles. The highest BCUT2D eigenvalue weighted by Gasteiger charge is 2.58. The Labute approximate surface area is 147 Å². The molecule has 1 saturated heterocycles. The first-order valence-corrected chi connectivity index (χ1v) is 8.73. The lowest BCUT2D eigenvalue weighted by molar-refractivity contribution is 0.158. The summed E-state index contributed by atoms with van der Waals surface area (Å²) in [5, 5.41) is 17.3. The lowest BCUT2D eigenvalue weighted by Gasteiger charge is -2.33. The molecule has 2 aromatic rings. The van der Waals surface area contributed by atoms with E-state index >= 15 is 0 Å². The largest absolute Gasteiger partial charge is 0.496 e. The molecule has 1 aromatic carbocycles. The van der Waals surface area contributed by atoms with Gasteiger partial charge in [0, 0.05) is 24.9 Å². The molecule has 6 heteroatoms. The average molecular weight is 338 g/mol. The number of aromatic nitrogens is 2. The Kier molecular flexibility index (Phi) is 3.97. The van der Waals surface area contributed by atoms with Crippen LogP contribution in [0.1, 0.15) is 48.1 Å². The van der Waals surface area contributed by atoms with E-state index in [2.05, 4.69) is 21.2 Å². The Morgan fingerprint density at radius 2 is 2.16 bits per heavy atom. The van der Waals surface area contributed by atoms with E-state index in [0.29, 0.717) is 22.8 Å². The summed E-state index contributed by atoms with van der Waals surface area (Å²) in [7, 11) is 1.68. The molecular formula is C19H22N4O2. The molecule has 0 radical (unpaired) electrons. The zero-order valence-electron chi connectivity index (χ0n) is 14.7. The molecule has 2 aliphatic rings. The molecule has 1 spiro atoms. The molecule has 0 amide bonds. The highest BCUT2D eigenvalue weighted by Crippen LogP contribution is 2.64. The Hall–Kier alpha value is -2.39. The van der Waals surface area contributed by atoms with Crippen LogP contribution >= 0.6 is 0 Å². The van der Waals surface area contributed by atoms with E-state index in [9.17, 15) is 0 Å². The van der Waals surface area contributed by atoms with E-state index in [4.69, 9.17) is 14.4 Å². The second-order valence-electron chi connectivity index (χ2n) is 7.19. The topological polar surface area (TPSA) is 75.2 Å². The zero-order chi connectivity index (χ0) is 17.4. The summed E-state index contributed by atoms with van der Waals surface area (Å²) in [6.45, 7) is 4.75. The van der Waals surface area contributed by atoms with E-state index in [-0.39, 0.29) is 0 Å². The first-order valence-electron chi connectivity index (χ1n) is 8.73. The molecule has 6 nitrogen and oxygen atoms in total. The van der Waals surface area contributed by atoms with Gasteiger partial charge in [0.05, 0.1) is 18.7 Å². The van der Waals surface area contributed by atoms with Crippen LogP contribution in [0.4, 0.5) is 0 Å². The van der Waals surface area contributed by atoms with Gasteiger partial charge in [-0.05, 0) is 56.0 Å². The number of ether oxygens (including phenoxy) is 1. The first kappa shape index (κ1) is 16.1. The summed E-state index contributed by atoms with van der Waals surface area (Å²) in [5.74, 6) is 2.76. The van der Waals surface area contributed by atoms with Crippen LogP contribution in [0.15, 0.2) is 22.6 Å². The van der Waals surface area contributed by atoms with Crippen LogP contribution < -0.4 is 4.74 Å². The SMILES string of the molecule is COc1ccc(C#N)cc1CN1CCC2(CC1)CC2c1nnc(C)o1. The van der Waals surface area contributed by atoms with Crippen molar-refractivity contribution in [2.24, 2.45) is 5.41 Å². The summed E-state index contributed by atoms with van der Waals surface area (Å²) in [6.07, 6.45) is 3.47. The van der Waals surface area contributed by atoms with Crippen molar-refractivity contribution in [2.75, 3.05) is 20.2 Å².